The number of aliphatic hydroxyl groups excluding tert-OH is 2. The van der Waals surface area contributed by atoms with E-state index in [0.29, 0.717) is 6.42 Å². The molecule has 2 aromatic rings. The van der Waals surface area contributed by atoms with E-state index in [9.17, 15) is 10.2 Å². The van der Waals surface area contributed by atoms with Gasteiger partial charge in [0.25, 0.3) is 0 Å². The minimum absolute atomic E-state index is 0.210. The van der Waals surface area contributed by atoms with E-state index >= 15 is 0 Å². The van der Waals surface area contributed by atoms with Crippen LogP contribution >= 0.6 is 0 Å². The Hall–Kier alpha value is -1.75. The molecule has 0 spiro atoms. The fourth-order valence-electron chi connectivity index (χ4n) is 2.83. The molecule has 2 aromatic carbocycles. The van der Waals surface area contributed by atoms with Gasteiger partial charge in [-0.1, -0.05) is 0 Å². The zero-order valence-electron chi connectivity index (χ0n) is 14.9. The number of hydrogen-bond donors (Lipinski definition) is 3. The van der Waals surface area contributed by atoms with E-state index in [1.54, 1.807) is 5.97 Å². The SMILES string of the molecule is [B]=Cc1ccc(CCc2cc(CCC(N)(CO)CO)ccc2C)cc1. The van der Waals surface area contributed by atoms with E-state index in [0.717, 1.165) is 24.8 Å². The van der Waals surface area contributed by atoms with Crippen LogP contribution in [-0.2, 0) is 19.3 Å². The van der Waals surface area contributed by atoms with Gasteiger partial charge in [0.15, 0.2) is 0 Å². The molecule has 0 aliphatic rings. The van der Waals surface area contributed by atoms with Gasteiger partial charge < -0.3 is 15.9 Å². The Morgan fingerprint density at radius 1 is 0.960 bits per heavy atom. The first-order chi connectivity index (χ1) is 12.0. The molecule has 0 amide bonds. The van der Waals surface area contributed by atoms with E-state index in [2.05, 4.69) is 37.3 Å². The normalized spacial score (nSPS) is 11.5. The number of nitrogens with two attached hydrogens (primary N) is 1. The van der Waals surface area contributed by atoms with Crippen molar-refractivity contribution in [2.24, 2.45) is 5.73 Å². The van der Waals surface area contributed by atoms with Crippen LogP contribution in [0.15, 0.2) is 42.5 Å². The molecule has 0 saturated carbocycles. The van der Waals surface area contributed by atoms with Gasteiger partial charge in [0, 0.05) is 0 Å². The van der Waals surface area contributed by atoms with Gasteiger partial charge in [-0.25, -0.2) is 0 Å². The molecule has 0 aliphatic carbocycles. The van der Waals surface area contributed by atoms with E-state index in [1.807, 2.05) is 12.1 Å². The van der Waals surface area contributed by atoms with Crippen LogP contribution in [0.2, 0.25) is 0 Å². The summed E-state index contributed by atoms with van der Waals surface area (Å²) < 4.78 is 0. The van der Waals surface area contributed by atoms with Crippen LogP contribution in [-0.4, -0.2) is 42.4 Å². The molecule has 131 valence electrons. The topological polar surface area (TPSA) is 66.5 Å². The number of hydrogen-bond acceptors (Lipinski definition) is 3. The fraction of sp³-hybridized carbons (Fsp3) is 0.381. The molecule has 0 saturated heterocycles. The molecular formula is C21H27BNO2. The average Bonchev–Trinajstić information content (AvgIpc) is 2.66. The second-order valence-electron chi connectivity index (χ2n) is 6.85. The third-order valence-electron chi connectivity index (χ3n) is 4.81. The first-order valence-corrected chi connectivity index (χ1v) is 8.72. The molecule has 4 N–H and O–H groups in total. The summed E-state index contributed by atoms with van der Waals surface area (Å²) in [5.74, 6) is 1.60. The van der Waals surface area contributed by atoms with Crippen molar-refractivity contribution in [1.82, 2.24) is 0 Å². The van der Waals surface area contributed by atoms with Crippen molar-refractivity contribution in [2.75, 3.05) is 13.2 Å². The fourth-order valence-corrected chi connectivity index (χ4v) is 2.83. The molecule has 0 aliphatic heterocycles. The Labute approximate surface area is 151 Å². The number of aryl methyl sites for hydroxylation is 4. The second kappa shape index (κ2) is 9.09. The van der Waals surface area contributed by atoms with E-state index in [1.165, 1.54) is 22.3 Å². The van der Waals surface area contributed by atoms with E-state index < -0.39 is 5.54 Å². The molecular weight excluding hydrogens is 309 g/mol. The maximum absolute atomic E-state index is 9.31. The van der Waals surface area contributed by atoms with Gasteiger partial charge >= 0.3 is 116 Å². The molecule has 3 nitrogen and oxygen atoms in total. The molecule has 4 heteroatoms. The van der Waals surface area contributed by atoms with Crippen molar-refractivity contribution < 1.29 is 10.2 Å². The summed E-state index contributed by atoms with van der Waals surface area (Å²) in [4.78, 5) is 0. The van der Waals surface area contributed by atoms with Gasteiger partial charge in [0.1, 0.15) is 0 Å². The van der Waals surface area contributed by atoms with Crippen molar-refractivity contribution in [2.45, 2.75) is 38.1 Å². The van der Waals surface area contributed by atoms with Crippen molar-refractivity contribution in [3.05, 3.63) is 70.3 Å². The van der Waals surface area contributed by atoms with Crippen LogP contribution in [0.25, 0.3) is 0 Å². The summed E-state index contributed by atoms with van der Waals surface area (Å²) in [6.45, 7) is 1.71. The van der Waals surface area contributed by atoms with Crippen LogP contribution < -0.4 is 5.73 Å². The number of benzene rings is 2. The first kappa shape index (κ1) is 19.6. The summed E-state index contributed by atoms with van der Waals surface area (Å²) >= 11 is 0. The van der Waals surface area contributed by atoms with Crippen molar-refractivity contribution in [3.8, 4) is 0 Å². The molecule has 0 atom stereocenters. The third-order valence-corrected chi connectivity index (χ3v) is 4.81. The van der Waals surface area contributed by atoms with Crippen LogP contribution in [0.3, 0.4) is 0 Å². The minimum atomic E-state index is -0.910. The van der Waals surface area contributed by atoms with Crippen molar-refractivity contribution in [3.63, 3.8) is 0 Å². The zero-order valence-corrected chi connectivity index (χ0v) is 14.9. The van der Waals surface area contributed by atoms with Gasteiger partial charge in [-0.3, -0.25) is 0 Å². The number of aliphatic hydroxyl groups is 2. The summed E-state index contributed by atoms with van der Waals surface area (Å²) in [5, 5.41) is 18.6. The first-order valence-electron chi connectivity index (χ1n) is 8.72. The maximum atomic E-state index is 9.31. The predicted molar refractivity (Wildman–Crippen MR) is 105 cm³/mol. The van der Waals surface area contributed by atoms with Gasteiger partial charge in [-0.15, -0.1) is 0 Å². The Kier molecular flexibility index (Phi) is 7.12. The monoisotopic (exact) mass is 336 g/mol. The predicted octanol–water partition coefficient (Wildman–Crippen LogP) is 1.71. The Bertz CT molecular complexity index is 694. The molecule has 1 radical (unpaired) electrons. The van der Waals surface area contributed by atoms with Crippen molar-refractivity contribution >= 4 is 13.5 Å². The molecule has 2 rings (SSSR count). The molecule has 0 fully saturated rings. The summed E-state index contributed by atoms with van der Waals surface area (Å²) in [6, 6.07) is 14.7. The Balaban J connectivity index is 2.01. The van der Waals surface area contributed by atoms with Crippen LogP contribution in [0.1, 0.15) is 34.2 Å². The van der Waals surface area contributed by atoms with Gasteiger partial charge in [-0.2, -0.15) is 0 Å². The molecule has 0 aromatic heterocycles. The van der Waals surface area contributed by atoms with Crippen LogP contribution in [0.4, 0.5) is 0 Å². The van der Waals surface area contributed by atoms with Crippen LogP contribution in [0.5, 0.6) is 0 Å². The Morgan fingerprint density at radius 2 is 1.60 bits per heavy atom. The number of rotatable bonds is 9. The van der Waals surface area contributed by atoms with Gasteiger partial charge in [-0.05, 0) is 0 Å². The molecule has 0 heterocycles. The quantitative estimate of drug-likeness (QED) is 0.611. The van der Waals surface area contributed by atoms with E-state index in [-0.39, 0.29) is 13.2 Å². The standard InChI is InChI=1S/C21H27BNO2/c1-16-2-3-18(10-11-21(23,14-24)15-25)12-20(16)9-8-17-4-6-19(13-22)7-5-17/h2-7,12-13,24-25H,8-11,14-15,23H2,1H3. The van der Waals surface area contributed by atoms with Gasteiger partial charge in [0.05, 0.1) is 18.8 Å². The third kappa shape index (κ3) is 5.63. The molecule has 0 bridgehead atoms. The average molecular weight is 336 g/mol. The van der Waals surface area contributed by atoms with Gasteiger partial charge in [0.2, 0.25) is 0 Å². The van der Waals surface area contributed by atoms with E-state index in [4.69, 9.17) is 13.2 Å². The summed E-state index contributed by atoms with van der Waals surface area (Å²) in [6.07, 6.45) is 3.24. The second-order valence-corrected chi connectivity index (χ2v) is 6.85. The summed E-state index contributed by atoms with van der Waals surface area (Å²) in [5.41, 5.74) is 11.2. The zero-order chi connectivity index (χ0) is 18.3. The molecule has 25 heavy (non-hydrogen) atoms. The Morgan fingerprint density at radius 3 is 2.20 bits per heavy atom. The molecule has 0 unspecified atom stereocenters. The summed E-state index contributed by atoms with van der Waals surface area (Å²) in [7, 11) is 5.52. The van der Waals surface area contributed by atoms with Crippen LogP contribution in [0, 0.1) is 6.92 Å². The van der Waals surface area contributed by atoms with Crippen molar-refractivity contribution in [1.29, 1.82) is 0 Å².